The number of nitrogens with zero attached hydrogens (tertiary/aromatic N) is 1. The molecule has 1 unspecified atom stereocenters. The Bertz CT molecular complexity index is 237. The first-order valence-corrected chi connectivity index (χ1v) is 7.46. The maximum Gasteiger partial charge on any atom is 0.0118 e. The van der Waals surface area contributed by atoms with E-state index in [-0.39, 0.29) is 11.0 Å². The highest BCUT2D eigenvalue weighted by Gasteiger charge is 2.30. The molecular weight excluding hydrogens is 222 g/mol. The van der Waals surface area contributed by atoms with Gasteiger partial charge in [-0.15, -0.1) is 0 Å². The van der Waals surface area contributed by atoms with Gasteiger partial charge in [-0.2, -0.15) is 0 Å². The highest BCUT2D eigenvalue weighted by molar-refractivity contribution is 4.88. The molecule has 0 bridgehead atoms. The smallest absolute Gasteiger partial charge is 0.0118 e. The van der Waals surface area contributed by atoms with Crippen LogP contribution in [0, 0.1) is 5.41 Å². The molecule has 4 N–H and O–H groups in total. The van der Waals surface area contributed by atoms with Crippen LogP contribution in [0.25, 0.3) is 0 Å². The average molecular weight is 255 g/mol. The maximum atomic E-state index is 6.25. The van der Waals surface area contributed by atoms with E-state index in [1.54, 1.807) is 0 Å². The van der Waals surface area contributed by atoms with Crippen molar-refractivity contribution < 1.29 is 0 Å². The average Bonchev–Trinajstić information content (AvgIpc) is 2.27. The van der Waals surface area contributed by atoms with Gasteiger partial charge in [0.15, 0.2) is 0 Å². The summed E-state index contributed by atoms with van der Waals surface area (Å²) in [5.41, 5.74) is 12.3. The van der Waals surface area contributed by atoms with E-state index in [1.165, 1.54) is 32.4 Å². The van der Waals surface area contributed by atoms with Crippen molar-refractivity contribution >= 4 is 0 Å². The van der Waals surface area contributed by atoms with E-state index in [2.05, 4.69) is 32.6 Å². The fourth-order valence-corrected chi connectivity index (χ4v) is 2.94. The van der Waals surface area contributed by atoms with Gasteiger partial charge in [0.1, 0.15) is 0 Å². The quantitative estimate of drug-likeness (QED) is 0.766. The summed E-state index contributed by atoms with van der Waals surface area (Å²) >= 11 is 0. The van der Waals surface area contributed by atoms with Crippen LogP contribution in [0.4, 0.5) is 0 Å². The summed E-state index contributed by atoms with van der Waals surface area (Å²) in [6.07, 6.45) is 6.28. The van der Waals surface area contributed by atoms with E-state index >= 15 is 0 Å². The van der Waals surface area contributed by atoms with Gasteiger partial charge in [-0.3, -0.25) is 0 Å². The van der Waals surface area contributed by atoms with Gasteiger partial charge in [0.05, 0.1) is 0 Å². The lowest BCUT2D eigenvalue weighted by atomic mass is 9.81. The summed E-state index contributed by atoms with van der Waals surface area (Å²) in [6, 6.07) is 0.587. The third-order valence-corrected chi connectivity index (χ3v) is 4.01. The SMILES string of the molecule is CC(C)(N)CC(CC(C)(C)CN)N1CCCCC1. The molecule has 108 valence electrons. The predicted octanol–water partition coefficient (Wildman–Crippen LogP) is 2.34. The summed E-state index contributed by atoms with van der Waals surface area (Å²) in [5.74, 6) is 0. The van der Waals surface area contributed by atoms with Gasteiger partial charge in [-0.1, -0.05) is 20.3 Å². The van der Waals surface area contributed by atoms with Crippen molar-refractivity contribution in [2.24, 2.45) is 16.9 Å². The molecule has 1 aliphatic heterocycles. The second-order valence-corrected chi connectivity index (χ2v) is 7.52. The molecule has 0 amide bonds. The number of hydrogen-bond acceptors (Lipinski definition) is 3. The molecule has 0 aromatic heterocycles. The van der Waals surface area contributed by atoms with Crippen LogP contribution in [0.15, 0.2) is 0 Å². The molecule has 0 spiro atoms. The second kappa shape index (κ2) is 6.36. The molecule has 1 heterocycles. The number of rotatable bonds is 6. The van der Waals surface area contributed by atoms with E-state index in [4.69, 9.17) is 11.5 Å². The summed E-state index contributed by atoms with van der Waals surface area (Å²) < 4.78 is 0. The Balaban J connectivity index is 2.67. The second-order valence-electron chi connectivity index (χ2n) is 7.52. The standard InChI is InChI=1S/C15H33N3/c1-14(2,12-16)10-13(11-15(3,4)17)18-8-6-5-7-9-18/h13H,5-12,16-17H2,1-4H3. The van der Waals surface area contributed by atoms with Crippen LogP contribution in [0.1, 0.15) is 59.8 Å². The number of piperidine rings is 1. The lowest BCUT2D eigenvalue weighted by Crippen LogP contribution is -2.48. The first kappa shape index (κ1) is 15.9. The molecule has 0 aromatic carbocycles. The normalized spacial score (nSPS) is 21.0. The Kier molecular flexibility index (Phi) is 5.63. The zero-order valence-electron chi connectivity index (χ0n) is 12.8. The third-order valence-electron chi connectivity index (χ3n) is 4.01. The van der Waals surface area contributed by atoms with Crippen molar-refractivity contribution in [1.29, 1.82) is 0 Å². The minimum Gasteiger partial charge on any atom is -0.330 e. The Morgan fingerprint density at radius 3 is 2.00 bits per heavy atom. The third kappa shape index (κ3) is 5.68. The molecule has 18 heavy (non-hydrogen) atoms. The van der Waals surface area contributed by atoms with Crippen molar-refractivity contribution in [2.75, 3.05) is 19.6 Å². The molecule has 1 rings (SSSR count). The Morgan fingerprint density at radius 1 is 1.00 bits per heavy atom. The summed E-state index contributed by atoms with van der Waals surface area (Å²) in [7, 11) is 0. The van der Waals surface area contributed by atoms with Crippen molar-refractivity contribution in [1.82, 2.24) is 4.90 Å². The lowest BCUT2D eigenvalue weighted by Gasteiger charge is -2.41. The maximum absolute atomic E-state index is 6.25. The summed E-state index contributed by atoms with van der Waals surface area (Å²) in [5, 5.41) is 0. The van der Waals surface area contributed by atoms with Crippen molar-refractivity contribution in [3.8, 4) is 0 Å². The summed E-state index contributed by atoms with van der Waals surface area (Å²) in [4.78, 5) is 2.65. The molecule has 1 fully saturated rings. The van der Waals surface area contributed by atoms with Crippen LogP contribution in [-0.2, 0) is 0 Å². The Labute approximate surface area is 113 Å². The molecular formula is C15H33N3. The number of hydrogen-bond donors (Lipinski definition) is 2. The molecule has 0 radical (unpaired) electrons. The molecule has 0 aromatic rings. The fourth-order valence-electron chi connectivity index (χ4n) is 2.94. The van der Waals surface area contributed by atoms with Gasteiger partial charge in [-0.05, 0) is 64.6 Å². The van der Waals surface area contributed by atoms with Crippen molar-refractivity contribution in [3.05, 3.63) is 0 Å². The van der Waals surface area contributed by atoms with E-state index in [0.29, 0.717) is 6.04 Å². The lowest BCUT2D eigenvalue weighted by molar-refractivity contribution is 0.101. The van der Waals surface area contributed by atoms with Crippen LogP contribution >= 0.6 is 0 Å². The van der Waals surface area contributed by atoms with Gasteiger partial charge >= 0.3 is 0 Å². The largest absolute Gasteiger partial charge is 0.330 e. The van der Waals surface area contributed by atoms with Crippen LogP contribution in [0.5, 0.6) is 0 Å². The van der Waals surface area contributed by atoms with Crippen LogP contribution in [0.2, 0.25) is 0 Å². The molecule has 1 aliphatic rings. The molecule has 3 nitrogen and oxygen atoms in total. The van der Waals surface area contributed by atoms with E-state index < -0.39 is 0 Å². The Morgan fingerprint density at radius 2 is 1.56 bits per heavy atom. The topological polar surface area (TPSA) is 55.3 Å². The van der Waals surface area contributed by atoms with Gasteiger partial charge < -0.3 is 16.4 Å². The molecule has 0 aliphatic carbocycles. The summed E-state index contributed by atoms with van der Waals surface area (Å²) in [6.45, 7) is 12.0. The Hall–Kier alpha value is -0.120. The minimum atomic E-state index is -0.0905. The van der Waals surface area contributed by atoms with Gasteiger partial charge in [0.2, 0.25) is 0 Å². The number of likely N-dealkylation sites (tertiary alicyclic amines) is 1. The van der Waals surface area contributed by atoms with Crippen molar-refractivity contribution in [2.45, 2.75) is 71.4 Å². The first-order chi connectivity index (χ1) is 8.23. The van der Waals surface area contributed by atoms with Gasteiger partial charge in [0, 0.05) is 11.6 Å². The van der Waals surface area contributed by atoms with Crippen LogP contribution < -0.4 is 11.5 Å². The fraction of sp³-hybridized carbons (Fsp3) is 1.00. The molecule has 1 atom stereocenters. The predicted molar refractivity (Wildman–Crippen MR) is 79.5 cm³/mol. The molecule has 3 heteroatoms. The highest BCUT2D eigenvalue weighted by atomic mass is 15.2. The zero-order valence-corrected chi connectivity index (χ0v) is 12.8. The minimum absolute atomic E-state index is 0.0905. The number of nitrogens with two attached hydrogens (primary N) is 2. The van der Waals surface area contributed by atoms with Gasteiger partial charge in [-0.25, -0.2) is 0 Å². The van der Waals surface area contributed by atoms with E-state index in [0.717, 1.165) is 19.4 Å². The van der Waals surface area contributed by atoms with Crippen molar-refractivity contribution in [3.63, 3.8) is 0 Å². The first-order valence-electron chi connectivity index (χ1n) is 7.46. The van der Waals surface area contributed by atoms with Crippen LogP contribution in [-0.4, -0.2) is 36.1 Å². The monoisotopic (exact) mass is 255 g/mol. The highest BCUT2D eigenvalue weighted by Crippen LogP contribution is 2.29. The molecule has 1 saturated heterocycles. The molecule has 0 saturated carbocycles. The van der Waals surface area contributed by atoms with E-state index in [9.17, 15) is 0 Å². The zero-order chi connectivity index (χ0) is 13.8. The van der Waals surface area contributed by atoms with Crippen LogP contribution in [0.3, 0.4) is 0 Å². The van der Waals surface area contributed by atoms with E-state index in [1.807, 2.05) is 0 Å². The van der Waals surface area contributed by atoms with Gasteiger partial charge in [0.25, 0.3) is 0 Å².